The Morgan fingerprint density at radius 1 is 1.50 bits per heavy atom. The van der Waals surface area contributed by atoms with Gasteiger partial charge in [0.2, 0.25) is 0 Å². The Labute approximate surface area is 70.4 Å². The number of aromatic amines is 1. The van der Waals surface area contributed by atoms with Crippen molar-refractivity contribution in [3.63, 3.8) is 0 Å². The Hall–Kier alpha value is -1.51. The lowest BCUT2D eigenvalue weighted by Crippen LogP contribution is -1.86. The van der Waals surface area contributed by atoms with Crippen LogP contribution in [0.15, 0.2) is 35.1 Å². The van der Waals surface area contributed by atoms with Gasteiger partial charge in [0.1, 0.15) is 5.76 Å². The third-order valence-electron chi connectivity index (χ3n) is 1.61. The van der Waals surface area contributed by atoms with Gasteiger partial charge in [0.05, 0.1) is 12.0 Å². The molecule has 12 heavy (non-hydrogen) atoms. The van der Waals surface area contributed by atoms with Gasteiger partial charge in [-0.25, -0.2) is 0 Å². The van der Waals surface area contributed by atoms with Crippen molar-refractivity contribution in [1.29, 1.82) is 0 Å². The summed E-state index contributed by atoms with van der Waals surface area (Å²) in [6.07, 6.45) is 6.27. The molecule has 0 saturated heterocycles. The summed E-state index contributed by atoms with van der Waals surface area (Å²) in [5.41, 5.74) is 0.950. The third-order valence-corrected chi connectivity index (χ3v) is 1.61. The van der Waals surface area contributed by atoms with Gasteiger partial charge in [0, 0.05) is 19.0 Å². The first-order valence-corrected chi connectivity index (χ1v) is 3.80. The Balaban J connectivity index is 1.91. The molecule has 2 heterocycles. The molecule has 1 N–H and O–H groups in total. The smallest absolute Gasteiger partial charge is 0.104 e. The quantitative estimate of drug-likeness (QED) is 0.745. The molecule has 2 aromatic heterocycles. The topological polar surface area (TPSA) is 41.8 Å². The number of rotatable bonds is 3. The lowest BCUT2D eigenvalue weighted by Gasteiger charge is -1.91. The van der Waals surface area contributed by atoms with E-state index in [1.165, 1.54) is 0 Å². The molecule has 0 amide bonds. The van der Waals surface area contributed by atoms with Gasteiger partial charge in [-0.1, -0.05) is 0 Å². The molecule has 0 aromatic carbocycles. The summed E-state index contributed by atoms with van der Waals surface area (Å²) in [6.45, 7) is 0. The molecule has 0 aliphatic heterocycles. The molecule has 1 radical (unpaired) electrons. The number of nitrogens with zero attached hydrogens (tertiary/aromatic N) is 1. The van der Waals surface area contributed by atoms with Gasteiger partial charge >= 0.3 is 0 Å². The predicted octanol–water partition coefficient (Wildman–Crippen LogP) is 1.80. The summed E-state index contributed by atoms with van der Waals surface area (Å²) >= 11 is 0. The van der Waals surface area contributed by atoms with E-state index in [0.717, 1.165) is 17.9 Å². The van der Waals surface area contributed by atoms with E-state index in [9.17, 15) is 0 Å². The van der Waals surface area contributed by atoms with Gasteiger partial charge in [0.25, 0.3) is 0 Å². The molecule has 2 aromatic rings. The lowest BCUT2D eigenvalue weighted by molar-refractivity contribution is 0.519. The highest BCUT2D eigenvalue weighted by atomic mass is 16.3. The van der Waals surface area contributed by atoms with Crippen LogP contribution in [0.2, 0.25) is 0 Å². The Kier molecular flexibility index (Phi) is 1.94. The van der Waals surface area contributed by atoms with Crippen LogP contribution in [0, 0.1) is 6.42 Å². The summed E-state index contributed by atoms with van der Waals surface area (Å²) in [5, 5.41) is 6.74. The van der Waals surface area contributed by atoms with E-state index in [1.54, 1.807) is 12.5 Å². The highest BCUT2D eigenvalue weighted by Crippen LogP contribution is 2.06. The van der Waals surface area contributed by atoms with Crippen LogP contribution < -0.4 is 0 Å². The average molecular weight is 161 g/mol. The highest BCUT2D eigenvalue weighted by molar-refractivity contribution is 5.14. The summed E-state index contributed by atoms with van der Waals surface area (Å²) < 4.78 is 5.16. The zero-order valence-corrected chi connectivity index (χ0v) is 6.53. The monoisotopic (exact) mass is 161 g/mol. The van der Waals surface area contributed by atoms with Crippen LogP contribution in [-0.4, -0.2) is 10.2 Å². The first kappa shape index (κ1) is 7.16. The number of hydrogen-bond donors (Lipinski definition) is 1. The van der Waals surface area contributed by atoms with E-state index >= 15 is 0 Å². The molecule has 3 heteroatoms. The summed E-state index contributed by atoms with van der Waals surface area (Å²) in [7, 11) is 0. The molecule has 0 atom stereocenters. The summed E-state index contributed by atoms with van der Waals surface area (Å²) in [5.74, 6) is 0.956. The molecule has 0 bridgehead atoms. The van der Waals surface area contributed by atoms with Gasteiger partial charge in [-0.05, 0) is 18.2 Å². The number of furan rings is 1. The first-order chi connectivity index (χ1) is 5.95. The zero-order valence-electron chi connectivity index (χ0n) is 6.53. The number of nitrogens with one attached hydrogen (secondary N) is 1. The standard InChI is InChI=1S/C9H9N2O/c1-2-9(12-7-1)4-3-8-5-6-10-11-8/h1-3,5-7H,4H2,(H,10,11). The predicted molar refractivity (Wildman–Crippen MR) is 44.4 cm³/mol. The summed E-state index contributed by atoms with van der Waals surface area (Å²) in [4.78, 5) is 0. The number of aromatic nitrogens is 2. The van der Waals surface area contributed by atoms with E-state index in [4.69, 9.17) is 4.42 Å². The van der Waals surface area contributed by atoms with Crippen LogP contribution in [0.4, 0.5) is 0 Å². The van der Waals surface area contributed by atoms with Crippen molar-refractivity contribution in [1.82, 2.24) is 10.2 Å². The Bertz CT molecular complexity index is 276. The van der Waals surface area contributed by atoms with Crippen molar-refractivity contribution in [2.24, 2.45) is 0 Å². The van der Waals surface area contributed by atoms with E-state index in [-0.39, 0.29) is 0 Å². The normalized spacial score (nSPS) is 10.3. The van der Waals surface area contributed by atoms with Gasteiger partial charge in [-0.3, -0.25) is 5.10 Å². The molecule has 0 spiro atoms. The maximum Gasteiger partial charge on any atom is 0.104 e. The molecule has 2 rings (SSSR count). The second kappa shape index (κ2) is 3.26. The fourth-order valence-electron chi connectivity index (χ4n) is 1.02. The Morgan fingerprint density at radius 3 is 3.17 bits per heavy atom. The van der Waals surface area contributed by atoms with E-state index < -0.39 is 0 Å². The number of hydrogen-bond acceptors (Lipinski definition) is 2. The van der Waals surface area contributed by atoms with Crippen LogP contribution >= 0.6 is 0 Å². The molecule has 0 unspecified atom stereocenters. The van der Waals surface area contributed by atoms with Crippen LogP contribution in [-0.2, 0) is 6.42 Å². The molecule has 0 aliphatic rings. The molecule has 0 saturated carbocycles. The van der Waals surface area contributed by atoms with Gasteiger partial charge < -0.3 is 4.42 Å². The largest absolute Gasteiger partial charge is 0.469 e. The van der Waals surface area contributed by atoms with Gasteiger partial charge in [-0.2, -0.15) is 5.10 Å². The molecule has 3 nitrogen and oxygen atoms in total. The first-order valence-electron chi connectivity index (χ1n) is 3.80. The number of H-pyrrole nitrogens is 1. The van der Waals surface area contributed by atoms with Crippen LogP contribution in [0.25, 0.3) is 0 Å². The molecular weight excluding hydrogens is 152 g/mol. The van der Waals surface area contributed by atoms with Crippen LogP contribution in [0.3, 0.4) is 0 Å². The average Bonchev–Trinajstić information content (AvgIpc) is 2.74. The van der Waals surface area contributed by atoms with Crippen molar-refractivity contribution in [3.8, 4) is 0 Å². The Morgan fingerprint density at radius 2 is 2.50 bits per heavy atom. The van der Waals surface area contributed by atoms with Crippen molar-refractivity contribution in [2.45, 2.75) is 6.42 Å². The van der Waals surface area contributed by atoms with Crippen LogP contribution in [0.5, 0.6) is 0 Å². The maximum atomic E-state index is 5.16. The SMILES string of the molecule is [CH](Cc1ccco1)c1cc[nH]n1. The van der Waals surface area contributed by atoms with Crippen molar-refractivity contribution >= 4 is 0 Å². The molecule has 0 aliphatic carbocycles. The van der Waals surface area contributed by atoms with Crippen LogP contribution in [0.1, 0.15) is 11.5 Å². The second-order valence-corrected chi connectivity index (χ2v) is 2.49. The fraction of sp³-hybridized carbons (Fsp3) is 0.111. The van der Waals surface area contributed by atoms with Crippen molar-refractivity contribution in [2.75, 3.05) is 0 Å². The van der Waals surface area contributed by atoms with E-state index in [1.807, 2.05) is 24.6 Å². The third kappa shape index (κ3) is 1.56. The van der Waals surface area contributed by atoms with Gasteiger partial charge in [0.15, 0.2) is 0 Å². The maximum absolute atomic E-state index is 5.16. The minimum Gasteiger partial charge on any atom is -0.469 e. The molecular formula is C9H9N2O. The minimum atomic E-state index is 0.790. The molecule has 61 valence electrons. The summed E-state index contributed by atoms with van der Waals surface area (Å²) in [6, 6.07) is 5.75. The van der Waals surface area contributed by atoms with Crippen molar-refractivity contribution in [3.05, 3.63) is 48.5 Å². The van der Waals surface area contributed by atoms with E-state index in [0.29, 0.717) is 0 Å². The lowest BCUT2D eigenvalue weighted by atomic mass is 10.2. The van der Waals surface area contributed by atoms with Crippen molar-refractivity contribution < 1.29 is 4.42 Å². The fourth-order valence-corrected chi connectivity index (χ4v) is 1.02. The minimum absolute atomic E-state index is 0.790. The molecule has 0 fully saturated rings. The zero-order chi connectivity index (χ0) is 8.23. The second-order valence-electron chi connectivity index (χ2n) is 2.49. The van der Waals surface area contributed by atoms with E-state index in [2.05, 4.69) is 10.2 Å². The van der Waals surface area contributed by atoms with Gasteiger partial charge in [-0.15, -0.1) is 0 Å². The highest BCUT2D eigenvalue weighted by Gasteiger charge is 1.98.